The Morgan fingerprint density at radius 1 is 1.00 bits per heavy atom. The van der Waals surface area contributed by atoms with E-state index in [1.807, 2.05) is 12.1 Å². The molecule has 1 aromatic rings. The van der Waals surface area contributed by atoms with Gasteiger partial charge in [-0.15, -0.1) is 0 Å². The quantitative estimate of drug-likeness (QED) is 0.668. The average Bonchev–Trinajstić information content (AvgIpc) is 2.50. The molecule has 0 amide bonds. The monoisotopic (exact) mass is 261 g/mol. The van der Waals surface area contributed by atoms with Crippen LogP contribution in [0.4, 0.5) is 5.69 Å². The van der Waals surface area contributed by atoms with Gasteiger partial charge in [-0.2, -0.15) is 0 Å². The lowest BCUT2D eigenvalue weighted by Gasteiger charge is -2.32. The van der Waals surface area contributed by atoms with E-state index in [1.165, 1.54) is 5.56 Å². The zero-order chi connectivity index (χ0) is 14.1. The molecule has 19 heavy (non-hydrogen) atoms. The molecule has 2 rings (SSSR count). The molecule has 1 heterocycles. The molecular weight excluding hydrogens is 237 g/mol. The van der Waals surface area contributed by atoms with Crippen LogP contribution in [0.3, 0.4) is 0 Å². The van der Waals surface area contributed by atoms with Crippen molar-refractivity contribution >= 4 is 12.8 Å². The summed E-state index contributed by atoms with van der Waals surface area (Å²) in [6.07, 6.45) is 3.02. The first-order valence-corrected chi connectivity index (χ1v) is 7.00. The number of rotatable bonds is 4. The Kier molecular flexibility index (Phi) is 3.93. The summed E-state index contributed by atoms with van der Waals surface area (Å²) in [6, 6.07) is 8.06. The second-order valence-corrected chi connectivity index (χ2v) is 6.32. The van der Waals surface area contributed by atoms with Gasteiger partial charge in [-0.3, -0.25) is 0 Å². The molecule has 0 atom stereocenters. The van der Waals surface area contributed by atoms with Crippen LogP contribution in [0.5, 0.6) is 0 Å². The Labute approximate surface area is 116 Å². The van der Waals surface area contributed by atoms with Gasteiger partial charge in [-0.1, -0.05) is 18.6 Å². The van der Waals surface area contributed by atoms with Crippen molar-refractivity contribution in [2.75, 3.05) is 5.73 Å². The number of hydrogen-bond acceptors (Lipinski definition) is 3. The topological polar surface area (TPSA) is 44.5 Å². The number of anilines is 1. The van der Waals surface area contributed by atoms with Gasteiger partial charge in [0.2, 0.25) is 0 Å². The van der Waals surface area contributed by atoms with Crippen LogP contribution in [0.15, 0.2) is 24.3 Å². The van der Waals surface area contributed by atoms with Crippen LogP contribution in [0, 0.1) is 0 Å². The third kappa shape index (κ3) is 3.31. The van der Waals surface area contributed by atoms with Crippen molar-refractivity contribution in [1.29, 1.82) is 0 Å². The van der Waals surface area contributed by atoms with E-state index in [2.05, 4.69) is 39.8 Å². The van der Waals surface area contributed by atoms with Crippen molar-refractivity contribution in [3.8, 4) is 0 Å². The minimum atomic E-state index is -0.223. The Balaban J connectivity index is 1.80. The summed E-state index contributed by atoms with van der Waals surface area (Å²) in [7, 11) is -0.0845. The van der Waals surface area contributed by atoms with Crippen LogP contribution in [0.2, 0.25) is 6.32 Å². The normalized spacial score (nSPS) is 20.7. The van der Waals surface area contributed by atoms with E-state index >= 15 is 0 Å². The van der Waals surface area contributed by atoms with Crippen molar-refractivity contribution in [3.63, 3.8) is 0 Å². The zero-order valence-electron chi connectivity index (χ0n) is 12.4. The minimum absolute atomic E-state index is 0.0845. The Bertz CT molecular complexity index is 412. The van der Waals surface area contributed by atoms with Crippen LogP contribution in [0.1, 0.15) is 39.7 Å². The standard InChI is InChI=1S/C15H24BNO2/c1-14(2)15(3,4)19-16(18-14)11-5-6-12-7-9-13(17)10-8-12/h7-10H,5-6,11,17H2,1-4H3. The second-order valence-electron chi connectivity index (χ2n) is 6.32. The van der Waals surface area contributed by atoms with Gasteiger partial charge in [-0.05, 0) is 58.1 Å². The number of nitrogens with two attached hydrogens (primary N) is 1. The first-order valence-electron chi connectivity index (χ1n) is 7.00. The summed E-state index contributed by atoms with van der Waals surface area (Å²) in [6.45, 7) is 8.36. The van der Waals surface area contributed by atoms with Crippen molar-refractivity contribution < 1.29 is 9.31 Å². The molecule has 1 saturated heterocycles. The maximum absolute atomic E-state index is 5.98. The van der Waals surface area contributed by atoms with Crippen molar-refractivity contribution in [2.45, 2.75) is 58.1 Å². The molecule has 0 radical (unpaired) electrons. The highest BCUT2D eigenvalue weighted by Crippen LogP contribution is 2.38. The van der Waals surface area contributed by atoms with Gasteiger partial charge in [-0.25, -0.2) is 0 Å². The van der Waals surface area contributed by atoms with E-state index in [-0.39, 0.29) is 18.3 Å². The minimum Gasteiger partial charge on any atom is -0.403 e. The molecule has 1 aromatic carbocycles. The first-order chi connectivity index (χ1) is 8.80. The predicted octanol–water partition coefficient (Wildman–Crippen LogP) is 3.29. The molecule has 0 saturated carbocycles. The molecule has 0 aliphatic carbocycles. The number of nitrogen functional groups attached to an aromatic ring is 1. The molecular formula is C15H24BNO2. The fourth-order valence-corrected chi connectivity index (χ4v) is 2.24. The average molecular weight is 261 g/mol. The van der Waals surface area contributed by atoms with Gasteiger partial charge < -0.3 is 15.0 Å². The second kappa shape index (κ2) is 5.18. The highest BCUT2D eigenvalue weighted by atomic mass is 16.7. The Hall–Kier alpha value is -0.995. The fraction of sp³-hybridized carbons (Fsp3) is 0.600. The van der Waals surface area contributed by atoms with Crippen molar-refractivity contribution in [1.82, 2.24) is 0 Å². The lowest BCUT2D eigenvalue weighted by atomic mass is 9.82. The number of hydrogen-bond donors (Lipinski definition) is 1. The zero-order valence-corrected chi connectivity index (χ0v) is 12.4. The maximum Gasteiger partial charge on any atom is 0.457 e. The van der Waals surface area contributed by atoms with Crippen LogP contribution in [-0.2, 0) is 15.7 Å². The molecule has 4 heteroatoms. The third-order valence-electron chi connectivity index (χ3n) is 4.19. The summed E-state index contributed by atoms with van der Waals surface area (Å²) >= 11 is 0. The summed E-state index contributed by atoms with van der Waals surface area (Å²) in [5.41, 5.74) is 7.35. The SMILES string of the molecule is CC1(C)OB(CCCc2ccc(N)cc2)OC1(C)C. The maximum atomic E-state index is 5.98. The molecule has 0 bridgehead atoms. The fourth-order valence-electron chi connectivity index (χ4n) is 2.24. The van der Waals surface area contributed by atoms with Crippen LogP contribution < -0.4 is 5.73 Å². The van der Waals surface area contributed by atoms with E-state index in [0.29, 0.717) is 0 Å². The number of aryl methyl sites for hydroxylation is 1. The summed E-state index contributed by atoms with van der Waals surface area (Å²) in [4.78, 5) is 0. The van der Waals surface area contributed by atoms with E-state index in [4.69, 9.17) is 15.0 Å². The molecule has 3 nitrogen and oxygen atoms in total. The molecule has 2 N–H and O–H groups in total. The smallest absolute Gasteiger partial charge is 0.403 e. The van der Waals surface area contributed by atoms with E-state index < -0.39 is 0 Å². The molecule has 1 aliphatic heterocycles. The largest absolute Gasteiger partial charge is 0.457 e. The summed E-state index contributed by atoms with van der Waals surface area (Å²) in [5, 5.41) is 0. The van der Waals surface area contributed by atoms with Gasteiger partial charge >= 0.3 is 7.12 Å². The Morgan fingerprint density at radius 2 is 1.53 bits per heavy atom. The molecule has 1 fully saturated rings. The molecule has 0 spiro atoms. The van der Waals surface area contributed by atoms with E-state index in [9.17, 15) is 0 Å². The third-order valence-corrected chi connectivity index (χ3v) is 4.19. The van der Waals surface area contributed by atoms with E-state index in [0.717, 1.165) is 24.8 Å². The van der Waals surface area contributed by atoms with Crippen molar-refractivity contribution in [3.05, 3.63) is 29.8 Å². The summed E-state index contributed by atoms with van der Waals surface area (Å²) < 4.78 is 12.0. The number of benzene rings is 1. The molecule has 0 unspecified atom stereocenters. The van der Waals surface area contributed by atoms with E-state index in [1.54, 1.807) is 0 Å². The van der Waals surface area contributed by atoms with Gasteiger partial charge in [0.05, 0.1) is 11.2 Å². The Morgan fingerprint density at radius 3 is 2.05 bits per heavy atom. The van der Waals surface area contributed by atoms with Gasteiger partial charge in [0.15, 0.2) is 0 Å². The van der Waals surface area contributed by atoms with Gasteiger partial charge in [0.1, 0.15) is 0 Å². The van der Waals surface area contributed by atoms with Crippen LogP contribution in [-0.4, -0.2) is 18.3 Å². The lowest BCUT2D eigenvalue weighted by Crippen LogP contribution is -2.41. The highest BCUT2D eigenvalue weighted by Gasteiger charge is 2.50. The van der Waals surface area contributed by atoms with Gasteiger partial charge in [0.25, 0.3) is 0 Å². The van der Waals surface area contributed by atoms with Gasteiger partial charge in [0, 0.05) is 5.69 Å². The summed E-state index contributed by atoms with van der Waals surface area (Å²) in [5.74, 6) is 0. The first kappa shape index (κ1) is 14.4. The van der Waals surface area contributed by atoms with Crippen LogP contribution >= 0.6 is 0 Å². The predicted molar refractivity (Wildman–Crippen MR) is 80.1 cm³/mol. The molecule has 104 valence electrons. The molecule has 1 aliphatic rings. The molecule has 0 aromatic heterocycles. The van der Waals surface area contributed by atoms with Crippen molar-refractivity contribution in [2.24, 2.45) is 0 Å². The lowest BCUT2D eigenvalue weighted by molar-refractivity contribution is 0.00578. The highest BCUT2D eigenvalue weighted by molar-refractivity contribution is 6.45. The van der Waals surface area contributed by atoms with Crippen LogP contribution in [0.25, 0.3) is 0 Å².